The summed E-state index contributed by atoms with van der Waals surface area (Å²) < 4.78 is 0. The number of hydrogen-bond acceptors (Lipinski definition) is 3. The lowest BCUT2D eigenvalue weighted by Gasteiger charge is -2.15. The minimum atomic E-state index is -0.452. The van der Waals surface area contributed by atoms with Gasteiger partial charge in [0.1, 0.15) is 0 Å². The summed E-state index contributed by atoms with van der Waals surface area (Å²) >= 11 is 0. The van der Waals surface area contributed by atoms with Crippen LogP contribution < -0.4 is 22.5 Å². The van der Waals surface area contributed by atoms with Gasteiger partial charge in [-0.15, -0.1) is 0 Å². The average Bonchev–Trinajstić information content (AvgIpc) is 2.59. The number of likely N-dealkylation sites (tertiary alicyclic amines) is 1. The summed E-state index contributed by atoms with van der Waals surface area (Å²) in [5.74, 6) is 0.134. The minimum absolute atomic E-state index is 0.134. The molecule has 0 bridgehead atoms. The van der Waals surface area contributed by atoms with Gasteiger partial charge >= 0.3 is 6.03 Å². The maximum atomic E-state index is 10.6. The highest BCUT2D eigenvalue weighted by molar-refractivity contribution is 5.75. The number of hydrogen-bond donors (Lipinski definition) is 4. The normalized spacial score (nSPS) is 20.6. The zero-order chi connectivity index (χ0) is 12.0. The van der Waals surface area contributed by atoms with E-state index in [9.17, 15) is 4.79 Å². The minimum Gasteiger partial charge on any atom is -0.370 e. The first-order valence-corrected chi connectivity index (χ1v) is 5.41. The van der Waals surface area contributed by atoms with Crippen molar-refractivity contribution >= 4 is 12.0 Å². The van der Waals surface area contributed by atoms with E-state index in [-0.39, 0.29) is 12.0 Å². The van der Waals surface area contributed by atoms with Gasteiger partial charge < -0.3 is 27.4 Å². The molecule has 92 valence electrons. The molecule has 1 aliphatic rings. The monoisotopic (exact) mass is 228 g/mol. The van der Waals surface area contributed by atoms with Gasteiger partial charge in [0, 0.05) is 25.7 Å². The van der Waals surface area contributed by atoms with Gasteiger partial charge in [0.25, 0.3) is 0 Å². The number of primary amides is 1. The van der Waals surface area contributed by atoms with Crippen LogP contribution in [0.15, 0.2) is 4.99 Å². The van der Waals surface area contributed by atoms with E-state index in [1.807, 2.05) is 0 Å². The second-order valence-electron chi connectivity index (χ2n) is 3.95. The second kappa shape index (κ2) is 6.16. The van der Waals surface area contributed by atoms with Crippen molar-refractivity contribution in [3.8, 4) is 0 Å². The van der Waals surface area contributed by atoms with Crippen molar-refractivity contribution in [1.82, 2.24) is 10.2 Å². The third-order valence-electron chi connectivity index (χ3n) is 2.55. The summed E-state index contributed by atoms with van der Waals surface area (Å²) in [6.07, 6.45) is 1.87. The molecular formula is C9H20N6O. The van der Waals surface area contributed by atoms with E-state index in [0.29, 0.717) is 6.54 Å². The van der Waals surface area contributed by atoms with Crippen LogP contribution in [0.25, 0.3) is 0 Å². The van der Waals surface area contributed by atoms with Crippen LogP contribution in [0, 0.1) is 0 Å². The molecule has 0 saturated carbocycles. The molecule has 0 radical (unpaired) electrons. The van der Waals surface area contributed by atoms with Crippen LogP contribution >= 0.6 is 0 Å². The fourth-order valence-corrected chi connectivity index (χ4v) is 1.86. The number of carbonyl (C=O) groups is 1. The highest BCUT2D eigenvalue weighted by Gasteiger charge is 2.22. The predicted molar refractivity (Wildman–Crippen MR) is 62.9 cm³/mol. The van der Waals surface area contributed by atoms with Gasteiger partial charge in [-0.1, -0.05) is 0 Å². The van der Waals surface area contributed by atoms with Crippen LogP contribution in [0.5, 0.6) is 0 Å². The number of nitrogens with zero attached hydrogens (tertiary/aromatic N) is 2. The standard InChI is InChI=1S/C9H20N6O/c10-8(11)13-3-1-4-15-5-2-7(6-15)14-9(12)16/h7H,1-6H2,(H4,10,11,13)(H3,12,14,16)/t7-/m0/s1. The Labute approximate surface area is 95.0 Å². The average molecular weight is 228 g/mol. The third kappa shape index (κ3) is 4.83. The molecule has 1 aliphatic heterocycles. The Morgan fingerprint density at radius 2 is 2.19 bits per heavy atom. The van der Waals surface area contributed by atoms with Gasteiger partial charge in [0.15, 0.2) is 5.96 Å². The smallest absolute Gasteiger partial charge is 0.312 e. The second-order valence-corrected chi connectivity index (χ2v) is 3.95. The van der Waals surface area contributed by atoms with Crippen LogP contribution in [0.4, 0.5) is 4.79 Å². The SMILES string of the molecule is NC(=O)N[C@H]1CCN(CCCN=C(N)N)C1. The summed E-state index contributed by atoms with van der Waals surface area (Å²) in [5, 5.41) is 2.71. The van der Waals surface area contributed by atoms with E-state index in [0.717, 1.165) is 32.5 Å². The molecule has 1 heterocycles. The molecule has 0 aliphatic carbocycles. The highest BCUT2D eigenvalue weighted by Crippen LogP contribution is 2.09. The van der Waals surface area contributed by atoms with Crippen LogP contribution in [0.1, 0.15) is 12.8 Å². The Hall–Kier alpha value is -1.50. The lowest BCUT2D eigenvalue weighted by Crippen LogP contribution is -2.40. The largest absolute Gasteiger partial charge is 0.370 e. The van der Waals surface area contributed by atoms with Gasteiger partial charge in [0.2, 0.25) is 0 Å². The molecule has 0 aromatic heterocycles. The number of nitrogens with two attached hydrogens (primary N) is 3. The topological polar surface area (TPSA) is 123 Å². The predicted octanol–water partition coefficient (Wildman–Crippen LogP) is -1.61. The molecule has 0 aromatic rings. The zero-order valence-electron chi connectivity index (χ0n) is 9.35. The summed E-state index contributed by atoms with van der Waals surface area (Å²) in [7, 11) is 0. The van der Waals surface area contributed by atoms with Gasteiger partial charge in [-0.05, 0) is 19.4 Å². The first kappa shape index (κ1) is 12.6. The van der Waals surface area contributed by atoms with Crippen molar-refractivity contribution in [2.24, 2.45) is 22.2 Å². The highest BCUT2D eigenvalue weighted by atomic mass is 16.2. The molecule has 7 nitrogen and oxygen atoms in total. The maximum Gasteiger partial charge on any atom is 0.312 e. The molecule has 7 heteroatoms. The summed E-state index contributed by atoms with van der Waals surface area (Å²) in [4.78, 5) is 16.8. The lowest BCUT2D eigenvalue weighted by atomic mass is 10.3. The quantitative estimate of drug-likeness (QED) is 0.257. The molecule has 1 saturated heterocycles. The summed E-state index contributed by atoms with van der Waals surface area (Å²) in [6, 6.07) is -0.270. The Kier molecular flexibility index (Phi) is 4.84. The van der Waals surface area contributed by atoms with Crippen molar-refractivity contribution in [1.29, 1.82) is 0 Å². The Bertz CT molecular complexity index is 263. The number of carbonyl (C=O) groups excluding carboxylic acids is 1. The molecule has 1 atom stereocenters. The van der Waals surface area contributed by atoms with Gasteiger partial charge in [-0.3, -0.25) is 4.99 Å². The number of rotatable bonds is 5. The van der Waals surface area contributed by atoms with Crippen molar-refractivity contribution in [2.75, 3.05) is 26.2 Å². The number of aliphatic imine (C=N–C) groups is 1. The molecule has 7 N–H and O–H groups in total. The van der Waals surface area contributed by atoms with Crippen molar-refractivity contribution < 1.29 is 4.79 Å². The van der Waals surface area contributed by atoms with Crippen molar-refractivity contribution in [2.45, 2.75) is 18.9 Å². The van der Waals surface area contributed by atoms with E-state index in [1.54, 1.807) is 0 Å². The summed E-state index contributed by atoms with van der Waals surface area (Å²) in [6.45, 7) is 3.41. The Morgan fingerprint density at radius 1 is 1.44 bits per heavy atom. The van der Waals surface area contributed by atoms with Crippen molar-refractivity contribution in [3.63, 3.8) is 0 Å². The number of urea groups is 1. The first-order valence-electron chi connectivity index (χ1n) is 5.41. The van der Waals surface area contributed by atoms with E-state index in [4.69, 9.17) is 17.2 Å². The van der Waals surface area contributed by atoms with Crippen LogP contribution in [0.2, 0.25) is 0 Å². The van der Waals surface area contributed by atoms with Crippen molar-refractivity contribution in [3.05, 3.63) is 0 Å². The molecule has 0 aromatic carbocycles. The van der Waals surface area contributed by atoms with Gasteiger partial charge in [-0.2, -0.15) is 0 Å². The maximum absolute atomic E-state index is 10.6. The molecule has 16 heavy (non-hydrogen) atoms. The number of guanidine groups is 1. The zero-order valence-corrected chi connectivity index (χ0v) is 9.35. The van der Waals surface area contributed by atoms with Crippen LogP contribution in [-0.2, 0) is 0 Å². The molecule has 2 amide bonds. The van der Waals surface area contributed by atoms with E-state index < -0.39 is 6.03 Å². The van der Waals surface area contributed by atoms with Crippen LogP contribution in [0.3, 0.4) is 0 Å². The van der Waals surface area contributed by atoms with Gasteiger partial charge in [-0.25, -0.2) is 4.79 Å². The fraction of sp³-hybridized carbons (Fsp3) is 0.778. The first-order chi connectivity index (χ1) is 7.58. The van der Waals surface area contributed by atoms with E-state index in [1.165, 1.54) is 0 Å². The molecular weight excluding hydrogens is 208 g/mol. The number of amides is 2. The lowest BCUT2D eigenvalue weighted by molar-refractivity contribution is 0.244. The molecule has 0 unspecified atom stereocenters. The third-order valence-corrected chi connectivity index (χ3v) is 2.55. The van der Waals surface area contributed by atoms with E-state index >= 15 is 0 Å². The molecule has 1 rings (SSSR count). The Balaban J connectivity index is 2.12. The Morgan fingerprint density at radius 3 is 2.81 bits per heavy atom. The van der Waals surface area contributed by atoms with Gasteiger partial charge in [0.05, 0.1) is 0 Å². The fourth-order valence-electron chi connectivity index (χ4n) is 1.86. The van der Waals surface area contributed by atoms with E-state index in [2.05, 4.69) is 15.2 Å². The summed E-state index contributed by atoms with van der Waals surface area (Å²) in [5.41, 5.74) is 15.5. The molecule has 0 spiro atoms. The number of nitrogens with one attached hydrogen (secondary N) is 1. The molecule has 1 fully saturated rings. The van der Waals surface area contributed by atoms with Crippen LogP contribution in [-0.4, -0.2) is 49.1 Å².